The maximum absolute atomic E-state index is 12.5. The minimum absolute atomic E-state index is 0.113. The van der Waals surface area contributed by atoms with Gasteiger partial charge in [-0.15, -0.1) is 0 Å². The van der Waals surface area contributed by atoms with Crippen LogP contribution in [0.4, 0.5) is 23.0 Å². The summed E-state index contributed by atoms with van der Waals surface area (Å²) in [5.74, 6) is 0.334. The van der Waals surface area contributed by atoms with E-state index >= 15 is 0 Å². The molecule has 14 heteroatoms. The molecule has 0 radical (unpaired) electrons. The number of hydrogen-bond acceptors (Lipinski definition) is 10. The number of nitrogens with one attached hydrogen (secondary N) is 2. The first-order valence-corrected chi connectivity index (χ1v) is 18.1. The summed E-state index contributed by atoms with van der Waals surface area (Å²) in [6.07, 6.45) is 2.83. The Hall–Kier alpha value is -6.38. The highest BCUT2D eigenvalue weighted by atomic mass is 32.2. The molecule has 0 amide bonds. The van der Waals surface area contributed by atoms with Gasteiger partial charge in [0.1, 0.15) is 0 Å². The second kappa shape index (κ2) is 12.9. The third-order valence-corrected chi connectivity index (χ3v) is 10.5. The van der Waals surface area contributed by atoms with E-state index in [1.165, 1.54) is 60.9 Å². The summed E-state index contributed by atoms with van der Waals surface area (Å²) in [6, 6.07) is 35.1. The van der Waals surface area contributed by atoms with Crippen LogP contribution >= 0.6 is 0 Å². The third-order valence-electron chi connectivity index (χ3n) is 7.73. The van der Waals surface area contributed by atoms with Gasteiger partial charge in [0.2, 0.25) is 0 Å². The number of fused-ring (bicyclic) bond motifs is 6. The first-order valence-electron chi connectivity index (χ1n) is 15.1. The Morgan fingerprint density at radius 3 is 1.48 bits per heavy atom. The number of aromatic nitrogens is 4. The number of nitrogens with two attached hydrogens (primary N) is 2. The fourth-order valence-corrected chi connectivity index (χ4v) is 7.26. The highest BCUT2D eigenvalue weighted by Gasteiger charge is 2.17. The normalized spacial score (nSPS) is 11.7. The number of anilines is 4. The molecule has 8 aromatic rings. The van der Waals surface area contributed by atoms with Gasteiger partial charge in [0.25, 0.3) is 20.0 Å². The molecule has 0 spiro atoms. The van der Waals surface area contributed by atoms with Crippen molar-refractivity contribution in [2.75, 3.05) is 20.9 Å². The zero-order valence-corrected chi connectivity index (χ0v) is 27.7. The highest BCUT2D eigenvalue weighted by molar-refractivity contribution is 7.93. The van der Waals surface area contributed by atoms with Crippen LogP contribution in [0.1, 0.15) is 0 Å². The molecular formula is C36H28N8O4S2. The van der Waals surface area contributed by atoms with Gasteiger partial charge in [0.05, 0.1) is 44.3 Å². The van der Waals surface area contributed by atoms with Crippen molar-refractivity contribution in [1.29, 1.82) is 0 Å². The van der Waals surface area contributed by atoms with E-state index in [1.54, 1.807) is 0 Å². The molecular weight excluding hydrogens is 673 g/mol. The lowest BCUT2D eigenvalue weighted by Crippen LogP contribution is -2.14. The SMILES string of the molecule is Nc1ccc(S(=O)(=O)Nc2cnc3c(ccc4ccccc43)n2)cc1.Nc1ccc(S(=O)(=O)Nc2cnc3ccc4ccccc4c3n2)cc1. The van der Waals surface area contributed by atoms with Gasteiger partial charge in [-0.3, -0.25) is 19.4 Å². The molecule has 0 unspecified atom stereocenters. The molecule has 6 N–H and O–H groups in total. The van der Waals surface area contributed by atoms with Gasteiger partial charge in [-0.2, -0.15) is 0 Å². The first-order chi connectivity index (χ1) is 24.1. The Morgan fingerprint density at radius 1 is 0.460 bits per heavy atom. The summed E-state index contributed by atoms with van der Waals surface area (Å²) in [6.45, 7) is 0. The minimum atomic E-state index is -3.76. The Kier molecular flexibility index (Phi) is 8.31. The molecule has 0 saturated heterocycles. The number of sulfonamides is 2. The van der Waals surface area contributed by atoms with Crippen LogP contribution in [0.3, 0.4) is 0 Å². The summed E-state index contributed by atoms with van der Waals surface area (Å²) in [4.78, 5) is 17.8. The predicted octanol–water partition coefficient (Wildman–Crippen LogP) is 6.33. The van der Waals surface area contributed by atoms with Gasteiger partial charge in [-0.05, 0) is 71.4 Å². The monoisotopic (exact) mass is 700 g/mol. The molecule has 2 aromatic heterocycles. The number of nitrogen functional groups attached to an aromatic ring is 2. The molecule has 0 saturated carbocycles. The second-order valence-electron chi connectivity index (χ2n) is 11.2. The molecule has 0 aliphatic rings. The van der Waals surface area contributed by atoms with Gasteiger partial charge in [-0.25, -0.2) is 26.8 Å². The van der Waals surface area contributed by atoms with Gasteiger partial charge < -0.3 is 11.5 Å². The second-order valence-corrected chi connectivity index (χ2v) is 14.5. The van der Waals surface area contributed by atoms with E-state index in [-0.39, 0.29) is 21.4 Å². The van der Waals surface area contributed by atoms with Crippen molar-refractivity contribution in [3.05, 3.63) is 134 Å². The Balaban J connectivity index is 0.000000157. The van der Waals surface area contributed by atoms with Crippen LogP contribution in [0.5, 0.6) is 0 Å². The molecule has 248 valence electrons. The highest BCUT2D eigenvalue weighted by Crippen LogP contribution is 2.26. The van der Waals surface area contributed by atoms with Crippen molar-refractivity contribution in [1.82, 2.24) is 19.9 Å². The van der Waals surface area contributed by atoms with Crippen molar-refractivity contribution in [3.63, 3.8) is 0 Å². The number of benzene rings is 6. The quantitative estimate of drug-likeness (QED) is 0.112. The summed E-state index contributed by atoms with van der Waals surface area (Å²) in [5.41, 5.74) is 14.9. The zero-order chi connectivity index (χ0) is 34.9. The molecule has 0 bridgehead atoms. The number of nitrogens with zero attached hydrogens (tertiary/aromatic N) is 4. The van der Waals surface area contributed by atoms with Crippen molar-refractivity contribution in [3.8, 4) is 0 Å². The van der Waals surface area contributed by atoms with Gasteiger partial charge in [-0.1, -0.05) is 60.7 Å². The lowest BCUT2D eigenvalue weighted by atomic mass is 10.1. The van der Waals surface area contributed by atoms with Crippen molar-refractivity contribution in [2.24, 2.45) is 0 Å². The smallest absolute Gasteiger partial charge is 0.263 e. The van der Waals surface area contributed by atoms with E-state index in [9.17, 15) is 16.8 Å². The van der Waals surface area contributed by atoms with Crippen molar-refractivity contribution < 1.29 is 16.8 Å². The van der Waals surface area contributed by atoms with E-state index < -0.39 is 20.0 Å². The molecule has 0 aliphatic carbocycles. The van der Waals surface area contributed by atoms with E-state index in [2.05, 4.69) is 29.4 Å². The fraction of sp³-hybridized carbons (Fsp3) is 0. The van der Waals surface area contributed by atoms with Crippen molar-refractivity contribution >= 4 is 86.7 Å². The van der Waals surface area contributed by atoms with Crippen LogP contribution in [-0.4, -0.2) is 36.8 Å². The lowest BCUT2D eigenvalue weighted by Gasteiger charge is -2.09. The summed E-state index contributed by atoms with van der Waals surface area (Å²) < 4.78 is 54.8. The summed E-state index contributed by atoms with van der Waals surface area (Å²) in [5, 5.41) is 3.96. The standard InChI is InChI=1S/2C18H14N4O2S/c19-13-6-8-14(9-7-13)25(23,24)22-17-11-20-18-15-4-2-1-3-12(15)5-10-16(18)21-17;19-13-6-8-14(9-7-13)25(23,24)22-17-11-20-16-10-5-12-3-1-2-4-15(12)18(16)21-17/h2*1-11H,19H2,(H,21,22). The Labute approximate surface area is 287 Å². The third kappa shape index (κ3) is 6.65. The van der Waals surface area contributed by atoms with Crippen molar-refractivity contribution in [2.45, 2.75) is 9.79 Å². The molecule has 6 aromatic carbocycles. The van der Waals surface area contributed by atoms with Crippen LogP contribution < -0.4 is 20.9 Å². The summed E-state index contributed by atoms with van der Waals surface area (Å²) in [7, 11) is -7.51. The molecule has 2 heterocycles. The average molecular weight is 701 g/mol. The summed E-state index contributed by atoms with van der Waals surface area (Å²) >= 11 is 0. The molecule has 50 heavy (non-hydrogen) atoms. The Bertz CT molecular complexity index is 2760. The van der Waals surface area contributed by atoms with Gasteiger partial charge in [0, 0.05) is 22.1 Å². The molecule has 12 nitrogen and oxygen atoms in total. The maximum Gasteiger partial charge on any atom is 0.263 e. The van der Waals surface area contributed by atoms with E-state index in [0.717, 1.165) is 27.1 Å². The van der Waals surface area contributed by atoms with Crippen LogP contribution in [0.15, 0.2) is 144 Å². The van der Waals surface area contributed by atoms with Gasteiger partial charge in [0.15, 0.2) is 11.6 Å². The topological polar surface area (TPSA) is 196 Å². The predicted molar refractivity (Wildman–Crippen MR) is 197 cm³/mol. The van der Waals surface area contributed by atoms with E-state index in [0.29, 0.717) is 27.9 Å². The van der Waals surface area contributed by atoms with Crippen LogP contribution in [0.25, 0.3) is 43.6 Å². The zero-order valence-electron chi connectivity index (χ0n) is 26.1. The largest absolute Gasteiger partial charge is 0.399 e. The molecule has 0 aliphatic heterocycles. The lowest BCUT2D eigenvalue weighted by molar-refractivity contribution is 0.599. The minimum Gasteiger partial charge on any atom is -0.399 e. The molecule has 8 rings (SSSR count). The first kappa shape index (κ1) is 32.2. The molecule has 0 fully saturated rings. The van der Waals surface area contributed by atoms with E-state index in [1.807, 2.05) is 72.8 Å². The Morgan fingerprint density at radius 2 is 0.920 bits per heavy atom. The van der Waals surface area contributed by atoms with Crippen LogP contribution in [0, 0.1) is 0 Å². The van der Waals surface area contributed by atoms with Crippen LogP contribution in [-0.2, 0) is 20.0 Å². The fourth-order valence-electron chi connectivity index (χ4n) is 5.28. The maximum atomic E-state index is 12.5. The average Bonchev–Trinajstić information content (AvgIpc) is 3.12. The molecule has 0 atom stereocenters. The van der Waals surface area contributed by atoms with Crippen LogP contribution in [0.2, 0.25) is 0 Å². The van der Waals surface area contributed by atoms with Gasteiger partial charge >= 0.3 is 0 Å². The van der Waals surface area contributed by atoms with E-state index in [4.69, 9.17) is 11.5 Å². The number of rotatable bonds is 6. The number of hydrogen-bond donors (Lipinski definition) is 4.